The number of nitrogens with zero attached hydrogens (tertiary/aromatic N) is 2. The number of hydrogen-bond donors (Lipinski definition) is 1. The van der Waals surface area contributed by atoms with Gasteiger partial charge in [-0.15, -0.1) is 13.2 Å². The van der Waals surface area contributed by atoms with Crippen molar-refractivity contribution >= 4 is 33.7 Å². The van der Waals surface area contributed by atoms with E-state index in [1.165, 1.54) is 0 Å². The minimum absolute atomic E-state index is 0.0599. The smallest absolute Gasteiger partial charge is 0.312 e. The lowest BCUT2D eigenvalue weighted by molar-refractivity contribution is -0.157. The van der Waals surface area contributed by atoms with Crippen molar-refractivity contribution in [2.45, 2.75) is 94.5 Å². The van der Waals surface area contributed by atoms with E-state index in [1.54, 1.807) is 22.0 Å². The molecule has 3 heterocycles. The van der Waals surface area contributed by atoms with E-state index in [1.807, 2.05) is 20.8 Å². The minimum Gasteiger partial charge on any atom is -0.465 e. The lowest BCUT2D eigenvalue weighted by Gasteiger charge is -2.42. The quantitative estimate of drug-likeness (QED) is 0.146. The van der Waals surface area contributed by atoms with Crippen LogP contribution in [0.2, 0.25) is 0 Å². The topological polar surface area (TPSA) is 96.4 Å². The van der Waals surface area contributed by atoms with Gasteiger partial charge in [0.25, 0.3) is 0 Å². The zero-order chi connectivity index (χ0) is 27.5. The molecule has 9 heteroatoms. The Balaban J connectivity index is 2.11. The average molecular weight is 584 g/mol. The third-order valence-electron chi connectivity index (χ3n) is 8.49. The predicted molar refractivity (Wildman–Crippen MR) is 145 cm³/mol. The average Bonchev–Trinajstić information content (AvgIpc) is 3.46. The van der Waals surface area contributed by atoms with Crippen LogP contribution in [0.3, 0.4) is 0 Å². The van der Waals surface area contributed by atoms with Gasteiger partial charge >= 0.3 is 5.97 Å². The van der Waals surface area contributed by atoms with Crippen LogP contribution in [0.4, 0.5) is 0 Å². The van der Waals surface area contributed by atoms with Gasteiger partial charge in [0.1, 0.15) is 11.6 Å². The number of likely N-dealkylation sites (tertiary alicyclic amines) is 1. The molecule has 3 aliphatic rings. The fraction of sp³-hybridized carbons (Fsp3) is 0.750. The van der Waals surface area contributed by atoms with Crippen molar-refractivity contribution in [3.05, 3.63) is 25.3 Å². The summed E-state index contributed by atoms with van der Waals surface area (Å²) in [5.41, 5.74) is -1.18. The van der Waals surface area contributed by atoms with E-state index in [9.17, 15) is 19.5 Å². The maximum absolute atomic E-state index is 14.4. The first-order chi connectivity index (χ1) is 17.6. The third kappa shape index (κ3) is 5.15. The molecule has 3 fully saturated rings. The van der Waals surface area contributed by atoms with Crippen LogP contribution >= 0.6 is 15.9 Å². The zero-order valence-electron chi connectivity index (χ0n) is 22.6. The Morgan fingerprint density at radius 2 is 2.03 bits per heavy atom. The van der Waals surface area contributed by atoms with E-state index in [-0.39, 0.29) is 41.8 Å². The number of ether oxygens (including phenoxy) is 2. The Morgan fingerprint density at radius 3 is 2.59 bits per heavy atom. The first kappa shape index (κ1) is 29.8. The largest absolute Gasteiger partial charge is 0.465 e. The molecule has 3 rings (SSSR count). The molecule has 9 atom stereocenters. The minimum atomic E-state index is -1.18. The molecular formula is C28H43BrN2O6. The third-order valence-corrected chi connectivity index (χ3v) is 9.34. The molecule has 2 bridgehead atoms. The number of hydrogen-bond acceptors (Lipinski definition) is 6. The zero-order valence-corrected chi connectivity index (χ0v) is 24.2. The number of carbonyl (C=O) groups is 3. The second kappa shape index (κ2) is 12.4. The Morgan fingerprint density at radius 1 is 1.32 bits per heavy atom. The van der Waals surface area contributed by atoms with Gasteiger partial charge in [-0.3, -0.25) is 14.4 Å². The maximum atomic E-state index is 14.4. The molecule has 0 saturated carbocycles. The molecule has 8 nitrogen and oxygen atoms in total. The summed E-state index contributed by atoms with van der Waals surface area (Å²) < 4.78 is 12.1. The maximum Gasteiger partial charge on any atom is 0.312 e. The van der Waals surface area contributed by atoms with Gasteiger partial charge in [0.2, 0.25) is 11.8 Å². The molecular weight excluding hydrogens is 540 g/mol. The molecule has 2 amide bonds. The van der Waals surface area contributed by atoms with Gasteiger partial charge in [0.15, 0.2) is 0 Å². The number of carbonyl (C=O) groups excluding carboxylic acids is 3. The molecule has 0 aliphatic carbocycles. The van der Waals surface area contributed by atoms with Crippen molar-refractivity contribution in [3.63, 3.8) is 0 Å². The lowest BCUT2D eigenvalue weighted by Crippen LogP contribution is -2.61. The van der Waals surface area contributed by atoms with E-state index in [0.29, 0.717) is 25.8 Å². The Bertz CT molecular complexity index is 883. The molecule has 208 valence electrons. The summed E-state index contributed by atoms with van der Waals surface area (Å²) >= 11 is 3.68. The van der Waals surface area contributed by atoms with Crippen LogP contribution in [0.1, 0.15) is 59.8 Å². The molecule has 4 unspecified atom stereocenters. The molecule has 1 spiro atoms. The van der Waals surface area contributed by atoms with Crippen LogP contribution in [0.5, 0.6) is 0 Å². The lowest BCUT2D eigenvalue weighted by atomic mass is 9.70. The van der Waals surface area contributed by atoms with Crippen molar-refractivity contribution in [1.82, 2.24) is 9.80 Å². The summed E-state index contributed by atoms with van der Waals surface area (Å²) in [4.78, 5) is 45.1. The van der Waals surface area contributed by atoms with E-state index < -0.39 is 41.6 Å². The number of aliphatic hydroxyl groups excluding tert-OH is 1. The van der Waals surface area contributed by atoms with Crippen LogP contribution in [0.15, 0.2) is 25.3 Å². The van der Waals surface area contributed by atoms with Gasteiger partial charge in [-0.1, -0.05) is 61.7 Å². The SMILES string of the molecule is C=CCCOC(=O)[C@H]1[C@H]2C(=O)N([C@@H](CO)[C@@H](C)CC)C(C(=O)N(CC=C)C(C)CCC)C23CC(Br)[C@@H]1O3. The van der Waals surface area contributed by atoms with Gasteiger partial charge < -0.3 is 24.4 Å². The molecule has 0 aromatic carbocycles. The van der Waals surface area contributed by atoms with Crippen LogP contribution in [0.25, 0.3) is 0 Å². The Hall–Kier alpha value is -1.71. The van der Waals surface area contributed by atoms with Crippen molar-refractivity contribution in [1.29, 1.82) is 0 Å². The van der Waals surface area contributed by atoms with Crippen LogP contribution in [-0.2, 0) is 23.9 Å². The highest BCUT2D eigenvalue weighted by molar-refractivity contribution is 9.09. The van der Waals surface area contributed by atoms with Crippen molar-refractivity contribution in [2.24, 2.45) is 17.8 Å². The van der Waals surface area contributed by atoms with Crippen LogP contribution < -0.4 is 0 Å². The highest BCUT2D eigenvalue weighted by Gasteiger charge is 2.77. The molecule has 0 aromatic rings. The molecule has 3 aliphatic heterocycles. The number of esters is 1. The molecule has 0 radical (unpaired) electrons. The second-order valence-corrected chi connectivity index (χ2v) is 11.9. The van der Waals surface area contributed by atoms with Crippen molar-refractivity contribution in [2.75, 3.05) is 19.8 Å². The molecule has 37 heavy (non-hydrogen) atoms. The summed E-state index contributed by atoms with van der Waals surface area (Å²) in [5, 5.41) is 10.5. The first-order valence-electron chi connectivity index (χ1n) is 13.6. The Kier molecular flexibility index (Phi) is 10.0. The van der Waals surface area contributed by atoms with Gasteiger partial charge in [0.05, 0.1) is 37.2 Å². The van der Waals surface area contributed by atoms with Crippen LogP contribution in [-0.4, -0.2) is 87.1 Å². The number of aliphatic hydroxyl groups is 1. The van der Waals surface area contributed by atoms with E-state index >= 15 is 0 Å². The molecule has 3 saturated heterocycles. The Labute approximate surface area is 229 Å². The predicted octanol–water partition coefficient (Wildman–Crippen LogP) is 3.46. The summed E-state index contributed by atoms with van der Waals surface area (Å²) in [7, 11) is 0. The van der Waals surface area contributed by atoms with Crippen LogP contribution in [0, 0.1) is 17.8 Å². The molecule has 0 aromatic heterocycles. The number of rotatable bonds is 14. The summed E-state index contributed by atoms with van der Waals surface area (Å²) in [6.45, 7) is 15.8. The van der Waals surface area contributed by atoms with Crippen molar-refractivity contribution < 1.29 is 29.0 Å². The number of fused-ring (bicyclic) bond motifs is 1. The van der Waals surface area contributed by atoms with Gasteiger partial charge in [-0.05, 0) is 32.1 Å². The normalized spacial score (nSPS) is 32.5. The standard InChI is InChI=1S/C28H43BrN2O6/c1-7-11-14-36-27(35)21-22-25(33)31(20(16-32)17(5)10-4)24(28(22)15-19(29)23(21)37-28)26(34)30(13-9-3)18(6)12-8-2/h7,9,17-24,32H,1,3,8,10-16H2,2,4-6H3/t17-,18?,19?,20-,21-,22-,23-,24?,28?/m0/s1. The number of amides is 2. The monoisotopic (exact) mass is 582 g/mol. The number of alkyl halides is 1. The second-order valence-electron chi connectivity index (χ2n) is 10.7. The van der Waals surface area contributed by atoms with E-state index in [4.69, 9.17) is 9.47 Å². The van der Waals surface area contributed by atoms with E-state index in [2.05, 4.69) is 36.0 Å². The van der Waals surface area contributed by atoms with Gasteiger partial charge in [0, 0.05) is 17.4 Å². The highest BCUT2D eigenvalue weighted by atomic mass is 79.9. The first-order valence-corrected chi connectivity index (χ1v) is 14.5. The van der Waals surface area contributed by atoms with E-state index in [0.717, 1.165) is 12.8 Å². The number of halogens is 1. The summed E-state index contributed by atoms with van der Waals surface area (Å²) in [5.74, 6) is -2.76. The fourth-order valence-electron chi connectivity index (χ4n) is 6.48. The van der Waals surface area contributed by atoms with Gasteiger partial charge in [-0.2, -0.15) is 0 Å². The fourth-order valence-corrected chi connectivity index (χ4v) is 7.43. The summed E-state index contributed by atoms with van der Waals surface area (Å²) in [6.07, 6.45) is 6.13. The highest BCUT2D eigenvalue weighted by Crippen LogP contribution is 2.61. The molecule has 1 N–H and O–H groups in total. The van der Waals surface area contributed by atoms with Gasteiger partial charge in [-0.25, -0.2) is 0 Å². The summed E-state index contributed by atoms with van der Waals surface area (Å²) in [6, 6.07) is -1.60. The van der Waals surface area contributed by atoms with Crippen molar-refractivity contribution in [3.8, 4) is 0 Å².